The number of anilines is 1. The van der Waals surface area contributed by atoms with E-state index in [4.69, 9.17) is 4.74 Å². The monoisotopic (exact) mass is 430 g/mol. The lowest BCUT2D eigenvalue weighted by molar-refractivity contribution is 0.0658. The molecule has 0 aromatic heterocycles. The molecule has 1 N–H and O–H groups in total. The van der Waals surface area contributed by atoms with Crippen molar-refractivity contribution in [3.05, 3.63) is 59.4 Å². The molecule has 4 nitrogen and oxygen atoms in total. The van der Waals surface area contributed by atoms with Gasteiger partial charge in [-0.2, -0.15) is 0 Å². The number of aliphatic hydroxyl groups is 1. The zero-order valence-electron chi connectivity index (χ0n) is 16.3. The molecule has 1 heterocycles. The first-order chi connectivity index (χ1) is 12.5. The van der Waals surface area contributed by atoms with Crippen molar-refractivity contribution in [1.29, 1.82) is 0 Å². The molecule has 1 aliphatic rings. The Labute approximate surface area is 179 Å². The van der Waals surface area contributed by atoms with Crippen molar-refractivity contribution in [2.75, 3.05) is 44.2 Å². The van der Waals surface area contributed by atoms with E-state index in [1.165, 1.54) is 12.1 Å². The summed E-state index contributed by atoms with van der Waals surface area (Å²) in [5.41, 5.74) is 3.22. The average molecular weight is 431 g/mol. The highest BCUT2D eigenvalue weighted by Gasteiger charge is 2.20. The second-order valence-corrected chi connectivity index (χ2v) is 6.95. The molecule has 0 radical (unpaired) electrons. The summed E-state index contributed by atoms with van der Waals surface area (Å²) in [4.78, 5) is 4.49. The number of hydrogen-bond acceptors (Lipinski definition) is 4. The number of halogens is 3. The van der Waals surface area contributed by atoms with Gasteiger partial charge in [0, 0.05) is 38.4 Å². The van der Waals surface area contributed by atoms with Crippen molar-refractivity contribution < 1.29 is 14.2 Å². The number of hydrogen-bond donors (Lipinski definition) is 1. The van der Waals surface area contributed by atoms with E-state index in [2.05, 4.69) is 9.80 Å². The summed E-state index contributed by atoms with van der Waals surface area (Å²) < 4.78 is 18.9. The third-order valence-corrected chi connectivity index (χ3v) is 4.86. The minimum absolute atomic E-state index is 0. The lowest BCUT2D eigenvalue weighted by atomic mass is 10.1. The number of para-hydroxylation sites is 1. The van der Waals surface area contributed by atoms with Crippen molar-refractivity contribution in [3.8, 4) is 5.75 Å². The summed E-state index contributed by atoms with van der Waals surface area (Å²) in [6, 6.07) is 12.7. The van der Waals surface area contributed by atoms with Gasteiger partial charge in [0.15, 0.2) is 0 Å². The van der Waals surface area contributed by atoms with Crippen molar-refractivity contribution in [2.24, 2.45) is 0 Å². The second-order valence-electron chi connectivity index (χ2n) is 6.95. The Morgan fingerprint density at radius 2 is 1.54 bits per heavy atom. The first-order valence-corrected chi connectivity index (χ1v) is 9.13. The third-order valence-electron chi connectivity index (χ3n) is 4.86. The first-order valence-electron chi connectivity index (χ1n) is 9.13. The highest BCUT2D eigenvalue weighted by molar-refractivity contribution is 5.85. The van der Waals surface area contributed by atoms with Gasteiger partial charge in [0.25, 0.3) is 0 Å². The molecule has 2 aromatic carbocycles. The molecule has 1 aliphatic heterocycles. The van der Waals surface area contributed by atoms with Crippen LogP contribution in [0.5, 0.6) is 5.75 Å². The minimum Gasteiger partial charge on any atom is -0.490 e. The van der Waals surface area contributed by atoms with Gasteiger partial charge in [-0.15, -0.1) is 24.8 Å². The molecule has 28 heavy (non-hydrogen) atoms. The Kier molecular flexibility index (Phi) is 10.0. The number of benzene rings is 2. The maximum absolute atomic E-state index is 13.0. The first kappa shape index (κ1) is 24.5. The molecule has 3 rings (SSSR count). The molecule has 1 unspecified atom stereocenters. The third kappa shape index (κ3) is 6.52. The predicted molar refractivity (Wildman–Crippen MR) is 117 cm³/mol. The van der Waals surface area contributed by atoms with Crippen LogP contribution in [0.4, 0.5) is 10.1 Å². The summed E-state index contributed by atoms with van der Waals surface area (Å²) in [6.07, 6.45) is -0.522. The summed E-state index contributed by atoms with van der Waals surface area (Å²) in [5.74, 6) is 0.659. The molecule has 2 aromatic rings. The smallest absolute Gasteiger partial charge is 0.125 e. The van der Waals surface area contributed by atoms with Crippen LogP contribution in [-0.4, -0.2) is 55.4 Å². The van der Waals surface area contributed by atoms with Crippen molar-refractivity contribution in [2.45, 2.75) is 20.0 Å². The quantitative estimate of drug-likeness (QED) is 0.754. The van der Waals surface area contributed by atoms with E-state index in [9.17, 15) is 9.50 Å². The van der Waals surface area contributed by atoms with Gasteiger partial charge < -0.3 is 14.7 Å². The van der Waals surface area contributed by atoms with Crippen LogP contribution in [0.1, 0.15) is 11.1 Å². The van der Waals surface area contributed by atoms with Crippen molar-refractivity contribution >= 4 is 30.5 Å². The van der Waals surface area contributed by atoms with Crippen molar-refractivity contribution in [3.63, 3.8) is 0 Å². The van der Waals surface area contributed by atoms with E-state index in [0.29, 0.717) is 13.2 Å². The van der Waals surface area contributed by atoms with Gasteiger partial charge in [-0.05, 0) is 49.2 Å². The Morgan fingerprint density at radius 1 is 0.964 bits per heavy atom. The average Bonchev–Trinajstić information content (AvgIpc) is 2.63. The van der Waals surface area contributed by atoms with Crippen LogP contribution in [0.15, 0.2) is 42.5 Å². The highest BCUT2D eigenvalue weighted by Crippen LogP contribution is 2.22. The van der Waals surface area contributed by atoms with Crippen LogP contribution < -0.4 is 9.64 Å². The SMILES string of the molecule is Cc1cccc(C)c1OCC(O)CN1CCN(c2ccc(F)cc2)CC1.Cl.Cl. The lowest BCUT2D eigenvalue weighted by Gasteiger charge is -2.36. The fourth-order valence-corrected chi connectivity index (χ4v) is 3.40. The molecule has 0 bridgehead atoms. The molecular weight excluding hydrogens is 402 g/mol. The fraction of sp³-hybridized carbons (Fsp3) is 0.429. The number of ether oxygens (including phenoxy) is 1. The van der Waals surface area contributed by atoms with E-state index in [1.54, 1.807) is 0 Å². The maximum atomic E-state index is 13.0. The number of β-amino-alcohol motifs (C(OH)–C–C–N with tert-alkyl or cyclic N) is 1. The van der Waals surface area contributed by atoms with Crippen LogP contribution in [0.25, 0.3) is 0 Å². The van der Waals surface area contributed by atoms with Gasteiger partial charge in [0.05, 0.1) is 0 Å². The van der Waals surface area contributed by atoms with Crippen LogP contribution in [0.3, 0.4) is 0 Å². The molecule has 1 saturated heterocycles. The largest absolute Gasteiger partial charge is 0.490 e. The maximum Gasteiger partial charge on any atom is 0.125 e. The highest BCUT2D eigenvalue weighted by atomic mass is 35.5. The Morgan fingerprint density at radius 3 is 2.11 bits per heavy atom. The number of piperazine rings is 1. The summed E-state index contributed by atoms with van der Waals surface area (Å²) >= 11 is 0. The van der Waals surface area contributed by atoms with Gasteiger partial charge in [-0.3, -0.25) is 4.90 Å². The van der Waals surface area contributed by atoms with Crippen LogP contribution in [0.2, 0.25) is 0 Å². The molecule has 0 spiro atoms. The summed E-state index contributed by atoms with van der Waals surface area (Å²) in [7, 11) is 0. The van der Waals surface area contributed by atoms with Crippen LogP contribution in [0, 0.1) is 19.7 Å². The van der Waals surface area contributed by atoms with E-state index in [-0.39, 0.29) is 30.6 Å². The van der Waals surface area contributed by atoms with Crippen molar-refractivity contribution in [1.82, 2.24) is 4.90 Å². The van der Waals surface area contributed by atoms with Gasteiger partial charge in [0.2, 0.25) is 0 Å². The topological polar surface area (TPSA) is 35.9 Å². The summed E-state index contributed by atoms with van der Waals surface area (Å²) in [5, 5.41) is 10.3. The molecule has 0 saturated carbocycles. The summed E-state index contributed by atoms with van der Waals surface area (Å²) in [6.45, 7) is 8.42. The predicted octanol–water partition coefficient (Wildman–Crippen LogP) is 3.85. The normalized spacial score (nSPS) is 15.4. The fourth-order valence-electron chi connectivity index (χ4n) is 3.40. The standard InChI is InChI=1S/C21H27FN2O2.2ClH/c1-16-4-3-5-17(2)21(16)26-15-20(25)14-23-10-12-24(13-11-23)19-8-6-18(22)7-9-19;;/h3-9,20,25H,10-15H2,1-2H3;2*1H. The molecule has 1 atom stereocenters. The molecule has 7 heteroatoms. The molecular formula is C21H29Cl2FN2O2. The Hall–Kier alpha value is -1.53. The van der Waals surface area contributed by atoms with Gasteiger partial charge in [-0.1, -0.05) is 18.2 Å². The number of rotatable bonds is 6. The van der Waals surface area contributed by atoms with E-state index < -0.39 is 6.10 Å². The zero-order chi connectivity index (χ0) is 18.5. The number of aliphatic hydroxyl groups excluding tert-OH is 1. The van der Waals surface area contributed by atoms with Crippen LogP contribution in [-0.2, 0) is 0 Å². The Balaban J connectivity index is 0.00000196. The van der Waals surface area contributed by atoms with Gasteiger partial charge in [-0.25, -0.2) is 4.39 Å². The van der Waals surface area contributed by atoms with E-state index in [1.807, 2.05) is 44.2 Å². The molecule has 0 amide bonds. The minimum atomic E-state index is -0.522. The molecule has 0 aliphatic carbocycles. The molecule has 156 valence electrons. The van der Waals surface area contributed by atoms with Gasteiger partial charge >= 0.3 is 0 Å². The van der Waals surface area contributed by atoms with E-state index in [0.717, 1.165) is 48.7 Å². The second kappa shape index (κ2) is 11.5. The molecule has 1 fully saturated rings. The zero-order valence-corrected chi connectivity index (χ0v) is 17.9. The number of nitrogens with zero attached hydrogens (tertiary/aromatic N) is 2. The van der Waals surface area contributed by atoms with E-state index >= 15 is 0 Å². The number of aryl methyl sites for hydroxylation is 2. The Bertz CT molecular complexity index is 703. The van der Waals surface area contributed by atoms with Crippen LogP contribution >= 0.6 is 24.8 Å². The lowest BCUT2D eigenvalue weighted by Crippen LogP contribution is -2.49. The van der Waals surface area contributed by atoms with Gasteiger partial charge in [0.1, 0.15) is 24.3 Å².